The number of nitrogens with zero attached hydrogens (tertiary/aromatic N) is 4. The smallest absolute Gasteiger partial charge is 0.205 e. The Kier molecular flexibility index (Phi) is 3.01. The Labute approximate surface area is 122 Å². The number of hydrogen-bond donors (Lipinski definition) is 2. The first-order chi connectivity index (χ1) is 10.4. The van der Waals surface area contributed by atoms with Crippen molar-refractivity contribution in [2.45, 2.75) is 0 Å². The lowest BCUT2D eigenvalue weighted by molar-refractivity contribution is 0.582. The normalized spacial score (nSPS) is 15.5. The fourth-order valence-corrected chi connectivity index (χ4v) is 2.55. The summed E-state index contributed by atoms with van der Waals surface area (Å²) in [4.78, 5) is 19.1. The molecular weight excluding hydrogens is 264 g/mol. The Morgan fingerprint density at radius 1 is 1.00 bits per heavy atom. The molecule has 1 fully saturated rings. The van der Waals surface area contributed by atoms with Gasteiger partial charge in [0.2, 0.25) is 5.95 Å². The molecule has 1 aromatic carbocycles. The van der Waals surface area contributed by atoms with Crippen molar-refractivity contribution in [3.05, 3.63) is 36.5 Å². The molecule has 0 saturated carbocycles. The molecule has 1 aliphatic heterocycles. The molecule has 4 rings (SSSR count). The Morgan fingerprint density at radius 3 is 2.62 bits per heavy atom. The molecule has 0 aliphatic carbocycles. The van der Waals surface area contributed by atoms with Crippen LogP contribution in [0.5, 0.6) is 0 Å². The average Bonchev–Trinajstić information content (AvgIpc) is 2.99. The zero-order valence-electron chi connectivity index (χ0n) is 11.6. The number of imidazole rings is 1. The fourth-order valence-electron chi connectivity index (χ4n) is 2.55. The molecule has 0 unspecified atom stereocenters. The van der Waals surface area contributed by atoms with Crippen LogP contribution in [-0.4, -0.2) is 46.1 Å². The van der Waals surface area contributed by atoms with Crippen LogP contribution >= 0.6 is 0 Å². The van der Waals surface area contributed by atoms with E-state index in [2.05, 4.69) is 30.2 Å². The highest BCUT2D eigenvalue weighted by atomic mass is 15.3. The average molecular weight is 280 g/mol. The van der Waals surface area contributed by atoms with E-state index >= 15 is 0 Å². The van der Waals surface area contributed by atoms with Gasteiger partial charge in [0.25, 0.3) is 0 Å². The second-order valence-corrected chi connectivity index (χ2v) is 5.09. The number of aromatic nitrogens is 4. The third-order valence-electron chi connectivity index (χ3n) is 3.68. The molecule has 0 bridgehead atoms. The van der Waals surface area contributed by atoms with Crippen molar-refractivity contribution in [1.29, 1.82) is 0 Å². The van der Waals surface area contributed by atoms with Gasteiger partial charge in [0.05, 0.1) is 6.20 Å². The second-order valence-electron chi connectivity index (χ2n) is 5.09. The highest BCUT2D eigenvalue weighted by Gasteiger charge is 2.15. The first-order valence-corrected chi connectivity index (χ1v) is 7.14. The molecule has 0 radical (unpaired) electrons. The van der Waals surface area contributed by atoms with Crippen molar-refractivity contribution in [3.8, 4) is 11.4 Å². The predicted molar refractivity (Wildman–Crippen MR) is 82.2 cm³/mol. The number of fused-ring (bicyclic) bond motifs is 1. The molecule has 21 heavy (non-hydrogen) atoms. The number of nitrogens with one attached hydrogen (secondary N) is 2. The molecule has 2 aromatic heterocycles. The Morgan fingerprint density at radius 2 is 1.81 bits per heavy atom. The van der Waals surface area contributed by atoms with Gasteiger partial charge in [0, 0.05) is 31.7 Å². The summed E-state index contributed by atoms with van der Waals surface area (Å²) >= 11 is 0. The predicted octanol–water partition coefficient (Wildman–Crippen LogP) is 1.43. The van der Waals surface area contributed by atoms with Crippen molar-refractivity contribution in [3.63, 3.8) is 0 Å². The minimum Gasteiger partial charge on any atom is -0.340 e. The van der Waals surface area contributed by atoms with E-state index in [0.29, 0.717) is 5.82 Å². The minimum atomic E-state index is 0.710. The highest BCUT2D eigenvalue weighted by Crippen LogP contribution is 2.19. The number of aromatic amines is 1. The monoisotopic (exact) mass is 280 g/mol. The van der Waals surface area contributed by atoms with E-state index in [9.17, 15) is 0 Å². The van der Waals surface area contributed by atoms with Crippen LogP contribution in [0.4, 0.5) is 5.95 Å². The summed E-state index contributed by atoms with van der Waals surface area (Å²) in [6.07, 6.45) is 1.81. The summed E-state index contributed by atoms with van der Waals surface area (Å²) in [5, 5.41) is 3.34. The number of anilines is 1. The van der Waals surface area contributed by atoms with Gasteiger partial charge in [0.1, 0.15) is 5.52 Å². The van der Waals surface area contributed by atoms with E-state index in [-0.39, 0.29) is 0 Å². The number of H-pyrrole nitrogens is 1. The standard InChI is InChI=1S/C15H16N6/c1-2-4-11(5-3-1)13-17-10-12-14(19-13)20-15(18-12)21-8-6-16-7-9-21/h1-5,10,16H,6-9H2,(H,17,18,19,20). The van der Waals surface area contributed by atoms with Crippen molar-refractivity contribution in [1.82, 2.24) is 25.3 Å². The van der Waals surface area contributed by atoms with Gasteiger partial charge in [-0.1, -0.05) is 30.3 Å². The van der Waals surface area contributed by atoms with Crippen LogP contribution in [0.25, 0.3) is 22.6 Å². The second kappa shape index (κ2) is 5.14. The Bertz CT molecular complexity index is 745. The van der Waals surface area contributed by atoms with Gasteiger partial charge in [-0.3, -0.25) is 0 Å². The van der Waals surface area contributed by atoms with Crippen LogP contribution in [0, 0.1) is 0 Å². The third kappa shape index (κ3) is 2.34. The molecule has 1 aliphatic rings. The van der Waals surface area contributed by atoms with E-state index in [1.165, 1.54) is 0 Å². The highest BCUT2D eigenvalue weighted by molar-refractivity contribution is 5.75. The van der Waals surface area contributed by atoms with Gasteiger partial charge in [-0.05, 0) is 0 Å². The van der Waals surface area contributed by atoms with Gasteiger partial charge in [0.15, 0.2) is 11.5 Å². The van der Waals surface area contributed by atoms with E-state index in [1.807, 2.05) is 36.5 Å². The van der Waals surface area contributed by atoms with Crippen molar-refractivity contribution >= 4 is 17.1 Å². The molecule has 0 spiro atoms. The summed E-state index contributed by atoms with van der Waals surface area (Å²) in [5.41, 5.74) is 2.60. The molecule has 6 heteroatoms. The summed E-state index contributed by atoms with van der Waals surface area (Å²) in [5.74, 6) is 1.59. The van der Waals surface area contributed by atoms with Crippen LogP contribution in [0.2, 0.25) is 0 Å². The van der Waals surface area contributed by atoms with E-state index < -0.39 is 0 Å². The summed E-state index contributed by atoms with van der Waals surface area (Å²) in [7, 11) is 0. The van der Waals surface area contributed by atoms with Gasteiger partial charge in [-0.15, -0.1) is 0 Å². The molecule has 106 valence electrons. The largest absolute Gasteiger partial charge is 0.340 e. The number of rotatable bonds is 2. The molecule has 3 aromatic rings. The van der Waals surface area contributed by atoms with E-state index in [0.717, 1.165) is 48.9 Å². The maximum absolute atomic E-state index is 4.61. The first-order valence-electron chi connectivity index (χ1n) is 7.14. The quantitative estimate of drug-likeness (QED) is 0.743. The zero-order chi connectivity index (χ0) is 14.1. The van der Waals surface area contributed by atoms with Crippen LogP contribution in [0.15, 0.2) is 36.5 Å². The number of piperazine rings is 1. The number of benzene rings is 1. The van der Waals surface area contributed by atoms with E-state index in [4.69, 9.17) is 0 Å². The SMILES string of the molecule is c1ccc(-c2ncc3[nH]c(N4CCNCC4)nc3n2)cc1. The molecule has 0 amide bonds. The van der Waals surface area contributed by atoms with Crippen molar-refractivity contribution in [2.24, 2.45) is 0 Å². The van der Waals surface area contributed by atoms with E-state index in [1.54, 1.807) is 0 Å². The fraction of sp³-hybridized carbons (Fsp3) is 0.267. The lowest BCUT2D eigenvalue weighted by Gasteiger charge is -2.26. The molecule has 3 heterocycles. The summed E-state index contributed by atoms with van der Waals surface area (Å²) in [6.45, 7) is 3.88. The molecule has 6 nitrogen and oxygen atoms in total. The van der Waals surface area contributed by atoms with Crippen LogP contribution < -0.4 is 10.2 Å². The molecular formula is C15H16N6. The van der Waals surface area contributed by atoms with Gasteiger partial charge >= 0.3 is 0 Å². The molecule has 0 atom stereocenters. The Hall–Kier alpha value is -2.47. The van der Waals surface area contributed by atoms with Crippen LogP contribution in [0.1, 0.15) is 0 Å². The molecule has 2 N–H and O–H groups in total. The zero-order valence-corrected chi connectivity index (χ0v) is 11.6. The third-order valence-corrected chi connectivity index (χ3v) is 3.68. The maximum atomic E-state index is 4.61. The van der Waals surface area contributed by atoms with Gasteiger partial charge in [-0.2, -0.15) is 4.98 Å². The van der Waals surface area contributed by atoms with Gasteiger partial charge in [-0.25, -0.2) is 9.97 Å². The number of hydrogen-bond acceptors (Lipinski definition) is 5. The summed E-state index contributed by atoms with van der Waals surface area (Å²) < 4.78 is 0. The topological polar surface area (TPSA) is 69.7 Å². The van der Waals surface area contributed by atoms with Crippen LogP contribution in [-0.2, 0) is 0 Å². The maximum Gasteiger partial charge on any atom is 0.205 e. The first kappa shape index (κ1) is 12.3. The lowest BCUT2D eigenvalue weighted by atomic mass is 10.2. The van der Waals surface area contributed by atoms with Crippen molar-refractivity contribution < 1.29 is 0 Å². The Balaban J connectivity index is 1.71. The minimum absolute atomic E-state index is 0.710. The van der Waals surface area contributed by atoms with Gasteiger partial charge < -0.3 is 15.2 Å². The molecule has 1 saturated heterocycles. The summed E-state index contributed by atoms with van der Waals surface area (Å²) in [6, 6.07) is 9.97. The van der Waals surface area contributed by atoms with Crippen LogP contribution in [0.3, 0.4) is 0 Å². The van der Waals surface area contributed by atoms with Crippen molar-refractivity contribution in [2.75, 3.05) is 31.1 Å². The lowest BCUT2D eigenvalue weighted by Crippen LogP contribution is -2.44.